The molecule has 4 nitrogen and oxygen atoms in total. The second-order valence-electron chi connectivity index (χ2n) is 7.49. The van der Waals surface area contributed by atoms with E-state index in [9.17, 15) is 9.59 Å². The molecule has 0 radical (unpaired) electrons. The highest BCUT2D eigenvalue weighted by Crippen LogP contribution is 2.44. The van der Waals surface area contributed by atoms with Gasteiger partial charge in [-0.2, -0.15) is 0 Å². The Hall–Kier alpha value is -1.86. The molecule has 0 spiro atoms. The maximum Gasteiger partial charge on any atom is 0.332 e. The maximum atomic E-state index is 13.5. The normalized spacial score (nSPS) is 24.0. The molecule has 2 heterocycles. The third-order valence-corrected chi connectivity index (χ3v) is 6.76. The Morgan fingerprint density at radius 2 is 1.72 bits per heavy atom. The maximum absolute atomic E-state index is 13.5. The molecule has 3 atom stereocenters. The minimum absolute atomic E-state index is 0.0403. The third-order valence-electron chi connectivity index (χ3n) is 5.75. The number of imide groups is 1. The highest BCUT2D eigenvalue weighted by molar-refractivity contribution is 14.1. The highest BCUT2D eigenvalue weighted by atomic mass is 127. The highest BCUT2D eigenvalue weighted by Gasteiger charge is 2.53. The summed E-state index contributed by atoms with van der Waals surface area (Å²) in [5.74, 6) is -0.109. The first-order valence-corrected chi connectivity index (χ1v) is 11.6. The first kappa shape index (κ1) is 20.4. The van der Waals surface area contributed by atoms with E-state index in [1.54, 1.807) is 29.2 Å². The molecule has 29 heavy (non-hydrogen) atoms. The van der Waals surface area contributed by atoms with Gasteiger partial charge < -0.3 is 4.90 Å². The Morgan fingerprint density at radius 3 is 2.38 bits per heavy atom. The Kier molecular flexibility index (Phi) is 5.97. The van der Waals surface area contributed by atoms with Gasteiger partial charge in [0.15, 0.2) is 0 Å². The molecule has 2 aliphatic rings. The van der Waals surface area contributed by atoms with Crippen molar-refractivity contribution in [1.82, 2.24) is 4.90 Å². The van der Waals surface area contributed by atoms with Gasteiger partial charge in [-0.15, -0.1) is 0 Å². The molecular formula is C23H22ClIN2O2. The van der Waals surface area contributed by atoms with Gasteiger partial charge in [0.2, 0.25) is 0 Å². The van der Waals surface area contributed by atoms with Crippen LogP contribution in [-0.4, -0.2) is 27.3 Å². The summed E-state index contributed by atoms with van der Waals surface area (Å²) in [6.45, 7) is 2.09. The summed E-state index contributed by atoms with van der Waals surface area (Å²) in [7, 11) is 0. The fourth-order valence-corrected chi connectivity index (χ4v) is 4.92. The monoisotopic (exact) mass is 520 g/mol. The van der Waals surface area contributed by atoms with Gasteiger partial charge in [-0.1, -0.05) is 76.2 Å². The van der Waals surface area contributed by atoms with Crippen molar-refractivity contribution in [2.75, 3.05) is 9.33 Å². The van der Waals surface area contributed by atoms with E-state index < -0.39 is 6.04 Å². The number of amides is 3. The SMILES string of the molecule is CC1=C[C@H](c2ccccc2)N2C(=O)N(c3ccc(Cl)cc3)C(=O)[C@@H]2[C@@H]1CCCI. The van der Waals surface area contributed by atoms with Gasteiger partial charge in [-0.3, -0.25) is 4.79 Å². The molecule has 0 aromatic heterocycles. The summed E-state index contributed by atoms with van der Waals surface area (Å²) < 4.78 is 1.03. The summed E-state index contributed by atoms with van der Waals surface area (Å²) >= 11 is 8.37. The number of urea groups is 1. The van der Waals surface area contributed by atoms with Crippen LogP contribution in [0, 0.1) is 5.92 Å². The Balaban J connectivity index is 1.79. The van der Waals surface area contributed by atoms with Crippen molar-refractivity contribution in [2.45, 2.75) is 31.8 Å². The van der Waals surface area contributed by atoms with Crippen LogP contribution in [0.3, 0.4) is 0 Å². The summed E-state index contributed by atoms with van der Waals surface area (Å²) in [4.78, 5) is 30.1. The van der Waals surface area contributed by atoms with E-state index in [1.165, 1.54) is 10.5 Å². The largest absolute Gasteiger partial charge is 0.332 e. The Labute approximate surface area is 189 Å². The van der Waals surface area contributed by atoms with E-state index in [0.717, 1.165) is 22.8 Å². The quantitative estimate of drug-likeness (QED) is 0.210. The van der Waals surface area contributed by atoms with Gasteiger partial charge in [0.25, 0.3) is 5.91 Å². The van der Waals surface area contributed by atoms with Crippen LogP contribution in [0.2, 0.25) is 5.02 Å². The first-order valence-electron chi connectivity index (χ1n) is 9.74. The van der Waals surface area contributed by atoms with Crippen LogP contribution in [0.1, 0.15) is 31.4 Å². The molecule has 1 saturated heterocycles. The molecule has 3 amide bonds. The number of anilines is 1. The minimum atomic E-state index is -0.476. The predicted molar refractivity (Wildman–Crippen MR) is 125 cm³/mol. The zero-order chi connectivity index (χ0) is 20.5. The lowest BCUT2D eigenvalue weighted by molar-refractivity contribution is -0.121. The molecule has 2 aromatic carbocycles. The second-order valence-corrected chi connectivity index (χ2v) is 9.00. The summed E-state index contributed by atoms with van der Waals surface area (Å²) in [5.41, 5.74) is 2.77. The van der Waals surface area contributed by atoms with Gasteiger partial charge in [-0.05, 0) is 54.0 Å². The molecule has 0 unspecified atom stereocenters. The van der Waals surface area contributed by atoms with E-state index in [-0.39, 0.29) is 23.9 Å². The lowest BCUT2D eigenvalue weighted by Crippen LogP contribution is -2.46. The fraction of sp³-hybridized carbons (Fsp3) is 0.304. The molecule has 0 saturated carbocycles. The van der Waals surface area contributed by atoms with Crippen molar-refractivity contribution in [3.63, 3.8) is 0 Å². The van der Waals surface area contributed by atoms with E-state index in [2.05, 4.69) is 35.6 Å². The molecule has 1 fully saturated rings. The number of carbonyl (C=O) groups excluding carboxylic acids is 2. The zero-order valence-corrected chi connectivity index (χ0v) is 19.0. The number of fused-ring (bicyclic) bond motifs is 1. The first-order chi connectivity index (χ1) is 14.0. The number of halogens is 2. The average Bonchev–Trinajstić information content (AvgIpc) is 2.99. The van der Waals surface area contributed by atoms with Crippen molar-refractivity contribution in [2.24, 2.45) is 5.92 Å². The molecule has 2 aromatic rings. The van der Waals surface area contributed by atoms with Crippen LogP contribution in [0.5, 0.6) is 0 Å². The van der Waals surface area contributed by atoms with Crippen molar-refractivity contribution in [3.05, 3.63) is 76.8 Å². The molecule has 0 N–H and O–H groups in total. The molecule has 6 heteroatoms. The van der Waals surface area contributed by atoms with Crippen molar-refractivity contribution in [3.8, 4) is 0 Å². The van der Waals surface area contributed by atoms with Crippen molar-refractivity contribution < 1.29 is 9.59 Å². The van der Waals surface area contributed by atoms with Crippen LogP contribution < -0.4 is 4.90 Å². The molecule has 4 rings (SSSR count). The van der Waals surface area contributed by atoms with Crippen molar-refractivity contribution in [1.29, 1.82) is 0 Å². The number of benzene rings is 2. The topological polar surface area (TPSA) is 40.6 Å². The van der Waals surface area contributed by atoms with E-state index in [0.29, 0.717) is 10.7 Å². The van der Waals surface area contributed by atoms with Gasteiger partial charge in [0, 0.05) is 10.9 Å². The summed E-state index contributed by atoms with van der Waals surface area (Å²) in [5, 5.41) is 0.574. The standard InChI is InChI=1S/C23H22ClIN2O2/c1-15-14-20(16-6-3-2-4-7-16)27-21(19(15)8-5-13-25)22(28)26(23(27)29)18-11-9-17(24)10-12-18/h2-4,6-7,9-12,14,19-21H,5,8,13H2,1H3/t19-,20-,21+/m1/s1. The zero-order valence-electron chi connectivity index (χ0n) is 16.1. The van der Waals surface area contributed by atoms with Crippen molar-refractivity contribution >= 4 is 51.8 Å². The smallest absolute Gasteiger partial charge is 0.301 e. The Morgan fingerprint density at radius 1 is 1.03 bits per heavy atom. The molecule has 150 valence electrons. The van der Waals surface area contributed by atoms with Crippen LogP contribution in [-0.2, 0) is 4.79 Å². The number of nitrogens with zero attached hydrogens (tertiary/aromatic N) is 2. The van der Waals surface area contributed by atoms with Gasteiger partial charge in [0.05, 0.1) is 11.7 Å². The molecule has 0 bridgehead atoms. The fourth-order valence-electron chi connectivity index (χ4n) is 4.36. The summed E-state index contributed by atoms with van der Waals surface area (Å²) in [6, 6.07) is 15.8. The number of alkyl halides is 1. The molecule has 2 aliphatic heterocycles. The van der Waals surface area contributed by atoms with Crippen LogP contribution in [0.15, 0.2) is 66.2 Å². The Bertz CT molecular complexity index is 945. The number of carbonyl (C=O) groups is 2. The number of hydrogen-bond acceptors (Lipinski definition) is 2. The van der Waals surface area contributed by atoms with Crippen LogP contribution >= 0.6 is 34.2 Å². The lowest BCUT2D eigenvalue weighted by Gasteiger charge is -2.39. The van der Waals surface area contributed by atoms with Gasteiger partial charge >= 0.3 is 6.03 Å². The van der Waals surface area contributed by atoms with E-state index in [4.69, 9.17) is 11.6 Å². The van der Waals surface area contributed by atoms with E-state index >= 15 is 0 Å². The number of hydrogen-bond donors (Lipinski definition) is 0. The number of rotatable bonds is 5. The van der Waals surface area contributed by atoms with Gasteiger partial charge in [0.1, 0.15) is 6.04 Å². The second kappa shape index (κ2) is 8.48. The minimum Gasteiger partial charge on any atom is -0.301 e. The lowest BCUT2D eigenvalue weighted by atomic mass is 9.81. The summed E-state index contributed by atoms with van der Waals surface area (Å²) in [6.07, 6.45) is 4.06. The van der Waals surface area contributed by atoms with Crippen LogP contribution in [0.25, 0.3) is 0 Å². The van der Waals surface area contributed by atoms with Gasteiger partial charge in [-0.25, -0.2) is 9.69 Å². The molecular weight excluding hydrogens is 499 g/mol. The molecule has 0 aliphatic carbocycles. The third kappa shape index (κ3) is 3.70. The average molecular weight is 521 g/mol. The van der Waals surface area contributed by atoms with E-state index in [1.807, 2.05) is 30.3 Å². The predicted octanol–water partition coefficient (Wildman–Crippen LogP) is 6.01. The van der Waals surface area contributed by atoms with Crippen LogP contribution in [0.4, 0.5) is 10.5 Å².